The van der Waals surface area contributed by atoms with Crippen molar-refractivity contribution in [3.63, 3.8) is 0 Å². The lowest BCUT2D eigenvalue weighted by atomic mass is 10.2. The van der Waals surface area contributed by atoms with E-state index in [4.69, 9.17) is 4.74 Å². The number of carbonyl (C=O) groups excluding carboxylic acids is 1. The average molecular weight is 244 g/mol. The van der Waals surface area contributed by atoms with Crippen molar-refractivity contribution in [1.82, 2.24) is 9.88 Å². The van der Waals surface area contributed by atoms with Gasteiger partial charge in [-0.3, -0.25) is 4.79 Å². The fraction of sp³-hybridized carbons (Fsp3) is 0.357. The highest BCUT2D eigenvalue weighted by Gasteiger charge is 2.21. The van der Waals surface area contributed by atoms with Crippen LogP contribution in [0, 0.1) is 0 Å². The third kappa shape index (κ3) is 1.74. The molecule has 1 fully saturated rings. The Morgan fingerprint density at radius 3 is 2.83 bits per heavy atom. The maximum atomic E-state index is 12.3. The van der Waals surface area contributed by atoms with E-state index in [0.29, 0.717) is 5.69 Å². The van der Waals surface area contributed by atoms with Crippen LogP contribution >= 0.6 is 0 Å². The minimum Gasteiger partial charge on any atom is -0.495 e. The third-order valence-electron chi connectivity index (χ3n) is 3.46. The average Bonchev–Trinajstić information content (AvgIpc) is 3.05. The summed E-state index contributed by atoms with van der Waals surface area (Å²) in [5.41, 5.74) is 1.54. The smallest absolute Gasteiger partial charge is 0.270 e. The Morgan fingerprint density at radius 1 is 1.33 bits per heavy atom. The number of rotatable bonds is 2. The molecule has 0 aliphatic carbocycles. The predicted octanol–water partition coefficient (Wildman–Crippen LogP) is 2.41. The summed E-state index contributed by atoms with van der Waals surface area (Å²) in [6.45, 7) is 1.73. The zero-order valence-electron chi connectivity index (χ0n) is 10.4. The number of hydrogen-bond donors (Lipinski definition) is 1. The van der Waals surface area contributed by atoms with Crippen LogP contribution in [0.3, 0.4) is 0 Å². The standard InChI is InChI=1S/C14H16N2O2/c1-18-12-6-4-5-10-9-11(15-13(10)12)14(17)16-7-2-3-8-16/h4-6,9,15H,2-3,7-8H2,1H3. The van der Waals surface area contributed by atoms with Crippen LogP contribution in [-0.4, -0.2) is 36.0 Å². The van der Waals surface area contributed by atoms with E-state index in [-0.39, 0.29) is 5.91 Å². The zero-order chi connectivity index (χ0) is 12.5. The summed E-state index contributed by atoms with van der Waals surface area (Å²) < 4.78 is 5.29. The van der Waals surface area contributed by atoms with Crippen molar-refractivity contribution in [2.75, 3.05) is 20.2 Å². The summed E-state index contributed by atoms with van der Waals surface area (Å²) >= 11 is 0. The summed E-state index contributed by atoms with van der Waals surface area (Å²) in [4.78, 5) is 17.3. The van der Waals surface area contributed by atoms with Gasteiger partial charge in [-0.1, -0.05) is 12.1 Å². The van der Waals surface area contributed by atoms with Gasteiger partial charge in [-0.25, -0.2) is 0 Å². The number of aromatic amines is 1. The molecule has 94 valence electrons. The minimum absolute atomic E-state index is 0.0887. The number of fused-ring (bicyclic) bond motifs is 1. The maximum absolute atomic E-state index is 12.3. The lowest BCUT2D eigenvalue weighted by Crippen LogP contribution is -2.27. The van der Waals surface area contributed by atoms with Crippen LogP contribution < -0.4 is 4.74 Å². The number of benzene rings is 1. The molecule has 3 rings (SSSR count). The number of nitrogens with one attached hydrogen (secondary N) is 1. The van der Waals surface area contributed by atoms with Crippen molar-refractivity contribution in [2.24, 2.45) is 0 Å². The van der Waals surface area contributed by atoms with Gasteiger partial charge in [-0.2, -0.15) is 0 Å². The number of ether oxygens (including phenoxy) is 1. The van der Waals surface area contributed by atoms with Gasteiger partial charge >= 0.3 is 0 Å². The first-order valence-electron chi connectivity index (χ1n) is 6.24. The van der Waals surface area contributed by atoms with Gasteiger partial charge in [0.1, 0.15) is 11.4 Å². The second kappa shape index (κ2) is 4.37. The van der Waals surface area contributed by atoms with Crippen LogP contribution in [0.1, 0.15) is 23.3 Å². The molecule has 2 aromatic rings. The van der Waals surface area contributed by atoms with Gasteiger partial charge in [-0.15, -0.1) is 0 Å². The van der Waals surface area contributed by atoms with Gasteiger partial charge < -0.3 is 14.6 Å². The Balaban J connectivity index is 2.00. The topological polar surface area (TPSA) is 45.3 Å². The molecule has 0 atom stereocenters. The zero-order valence-corrected chi connectivity index (χ0v) is 10.4. The Labute approximate surface area is 106 Å². The SMILES string of the molecule is COc1cccc2cc(C(=O)N3CCCC3)[nH]c12. The predicted molar refractivity (Wildman–Crippen MR) is 70.0 cm³/mol. The molecule has 0 spiro atoms. The van der Waals surface area contributed by atoms with E-state index in [1.54, 1.807) is 7.11 Å². The van der Waals surface area contributed by atoms with Crippen molar-refractivity contribution in [3.8, 4) is 5.75 Å². The molecule has 1 saturated heterocycles. The number of methoxy groups -OCH3 is 1. The minimum atomic E-state index is 0.0887. The lowest BCUT2D eigenvalue weighted by molar-refractivity contribution is 0.0788. The number of para-hydroxylation sites is 1. The Hall–Kier alpha value is -1.97. The number of nitrogens with zero attached hydrogens (tertiary/aromatic N) is 1. The normalized spacial score (nSPS) is 15.3. The van der Waals surface area contributed by atoms with Crippen LogP contribution in [0.25, 0.3) is 10.9 Å². The van der Waals surface area contributed by atoms with E-state index >= 15 is 0 Å². The van der Waals surface area contributed by atoms with Crippen molar-refractivity contribution in [1.29, 1.82) is 0 Å². The Kier molecular flexibility index (Phi) is 2.70. The molecule has 1 amide bonds. The fourth-order valence-corrected chi connectivity index (χ4v) is 2.50. The molecule has 0 saturated carbocycles. The highest BCUT2D eigenvalue weighted by Crippen LogP contribution is 2.26. The monoisotopic (exact) mass is 244 g/mol. The number of aromatic nitrogens is 1. The van der Waals surface area contributed by atoms with Gasteiger partial charge in [0.15, 0.2) is 0 Å². The van der Waals surface area contributed by atoms with E-state index < -0.39 is 0 Å². The van der Waals surface area contributed by atoms with Crippen molar-refractivity contribution in [2.45, 2.75) is 12.8 Å². The molecule has 1 aromatic carbocycles. The van der Waals surface area contributed by atoms with E-state index in [1.807, 2.05) is 29.2 Å². The van der Waals surface area contributed by atoms with Gasteiger partial charge in [0.2, 0.25) is 0 Å². The lowest BCUT2D eigenvalue weighted by Gasteiger charge is -2.13. The van der Waals surface area contributed by atoms with Crippen LogP contribution in [0.2, 0.25) is 0 Å². The molecule has 0 radical (unpaired) electrons. The van der Waals surface area contributed by atoms with Crippen LogP contribution in [0.15, 0.2) is 24.3 Å². The van der Waals surface area contributed by atoms with E-state index in [2.05, 4.69) is 4.98 Å². The van der Waals surface area contributed by atoms with Crippen molar-refractivity contribution < 1.29 is 9.53 Å². The first-order valence-corrected chi connectivity index (χ1v) is 6.24. The summed E-state index contributed by atoms with van der Waals surface area (Å²) in [7, 11) is 1.64. The fourth-order valence-electron chi connectivity index (χ4n) is 2.50. The quantitative estimate of drug-likeness (QED) is 0.881. The van der Waals surface area contributed by atoms with E-state index in [1.165, 1.54) is 0 Å². The van der Waals surface area contributed by atoms with Crippen molar-refractivity contribution in [3.05, 3.63) is 30.0 Å². The van der Waals surface area contributed by atoms with Gasteiger partial charge in [0.05, 0.1) is 12.6 Å². The van der Waals surface area contributed by atoms with E-state index in [9.17, 15) is 4.79 Å². The number of likely N-dealkylation sites (tertiary alicyclic amines) is 1. The number of hydrogen-bond acceptors (Lipinski definition) is 2. The van der Waals surface area contributed by atoms with Crippen molar-refractivity contribution >= 4 is 16.8 Å². The highest BCUT2D eigenvalue weighted by atomic mass is 16.5. The molecule has 2 heterocycles. The summed E-state index contributed by atoms with van der Waals surface area (Å²) in [5.74, 6) is 0.860. The molecule has 4 heteroatoms. The molecule has 1 aliphatic heterocycles. The van der Waals surface area contributed by atoms with Crippen LogP contribution in [0.5, 0.6) is 5.75 Å². The molecular weight excluding hydrogens is 228 g/mol. The molecule has 18 heavy (non-hydrogen) atoms. The van der Waals surface area contributed by atoms with Crippen LogP contribution in [0.4, 0.5) is 0 Å². The van der Waals surface area contributed by atoms with Gasteiger partial charge in [-0.05, 0) is 25.0 Å². The maximum Gasteiger partial charge on any atom is 0.270 e. The van der Waals surface area contributed by atoms with E-state index in [0.717, 1.165) is 42.6 Å². The first-order chi connectivity index (χ1) is 8.79. The first kappa shape index (κ1) is 11.1. The molecular formula is C14H16N2O2. The highest BCUT2D eigenvalue weighted by molar-refractivity contribution is 5.99. The van der Waals surface area contributed by atoms with Gasteiger partial charge in [0.25, 0.3) is 5.91 Å². The number of H-pyrrole nitrogens is 1. The Bertz CT molecular complexity index is 582. The summed E-state index contributed by atoms with van der Waals surface area (Å²) in [5, 5.41) is 1.01. The Morgan fingerprint density at radius 2 is 2.11 bits per heavy atom. The molecule has 1 aromatic heterocycles. The summed E-state index contributed by atoms with van der Waals surface area (Å²) in [6, 6.07) is 7.70. The number of amides is 1. The number of carbonyl (C=O) groups is 1. The molecule has 4 nitrogen and oxygen atoms in total. The third-order valence-corrected chi connectivity index (χ3v) is 3.46. The second-order valence-corrected chi connectivity index (χ2v) is 4.61. The summed E-state index contributed by atoms with van der Waals surface area (Å²) in [6.07, 6.45) is 2.21. The molecule has 0 bridgehead atoms. The van der Waals surface area contributed by atoms with Crippen LogP contribution in [-0.2, 0) is 0 Å². The molecule has 1 aliphatic rings. The van der Waals surface area contributed by atoms with Gasteiger partial charge in [0, 0.05) is 18.5 Å². The molecule has 1 N–H and O–H groups in total. The molecule has 0 unspecified atom stereocenters. The largest absolute Gasteiger partial charge is 0.495 e. The second-order valence-electron chi connectivity index (χ2n) is 4.61.